The van der Waals surface area contributed by atoms with Crippen LogP contribution in [0, 0.1) is 22.7 Å². The van der Waals surface area contributed by atoms with Gasteiger partial charge < -0.3 is 29.1 Å². The number of esters is 2. The highest BCUT2D eigenvalue weighted by Crippen LogP contribution is 2.63. The normalized spacial score (nSPS) is 36.7. The number of piperazine rings is 1. The first-order valence-corrected chi connectivity index (χ1v) is 15.1. The van der Waals surface area contributed by atoms with Gasteiger partial charge in [-0.3, -0.25) is 14.4 Å². The maximum absolute atomic E-state index is 14.2. The van der Waals surface area contributed by atoms with E-state index in [-0.39, 0.29) is 18.1 Å². The molecule has 3 aliphatic carbocycles. The second kappa shape index (κ2) is 10.9. The Labute approximate surface area is 251 Å². The molecule has 3 fully saturated rings. The van der Waals surface area contributed by atoms with Crippen molar-refractivity contribution in [1.29, 1.82) is 0 Å². The lowest BCUT2D eigenvalue weighted by Gasteiger charge is -2.56. The number of nitrogens with zero attached hydrogens (tertiary/aromatic N) is 2. The SMILES string of the molecule is COC[C@H]1OC(=O)/C(=C/N2CCN(c3ccccc3)CC2)C2C(=O)C(=O)C3=C([C@H](OC(C)=O)C[C@@]4(C)C3CC[C@@H]4O)[C@]21C. The molecule has 0 radical (unpaired) electrons. The monoisotopic (exact) mass is 592 g/mol. The number of Topliss-reactive ketones (excluding diaryl/α,β-unsaturated/α-hetero) is 2. The van der Waals surface area contributed by atoms with Crippen molar-refractivity contribution in [2.75, 3.05) is 44.8 Å². The molecular formula is C33H40N2O8. The number of ketones is 2. The van der Waals surface area contributed by atoms with Crippen LogP contribution < -0.4 is 4.90 Å². The summed E-state index contributed by atoms with van der Waals surface area (Å²) in [6, 6.07) is 10.1. The number of benzene rings is 1. The Morgan fingerprint density at radius 3 is 2.44 bits per heavy atom. The Hall–Kier alpha value is -3.50. The van der Waals surface area contributed by atoms with Gasteiger partial charge in [0.15, 0.2) is 0 Å². The van der Waals surface area contributed by atoms with Crippen LogP contribution in [0.2, 0.25) is 0 Å². The molecule has 2 heterocycles. The van der Waals surface area contributed by atoms with E-state index in [4.69, 9.17) is 14.2 Å². The van der Waals surface area contributed by atoms with Gasteiger partial charge in [-0.1, -0.05) is 32.0 Å². The first-order valence-electron chi connectivity index (χ1n) is 15.1. The maximum atomic E-state index is 14.2. The number of anilines is 1. The largest absolute Gasteiger partial charge is 0.458 e. The summed E-state index contributed by atoms with van der Waals surface area (Å²) in [5.74, 6) is -4.01. The highest BCUT2D eigenvalue weighted by molar-refractivity contribution is 6.47. The van der Waals surface area contributed by atoms with Crippen molar-refractivity contribution >= 4 is 29.2 Å². The average molecular weight is 593 g/mol. The summed E-state index contributed by atoms with van der Waals surface area (Å²) in [6.07, 6.45) is 0.544. The fourth-order valence-corrected chi connectivity index (χ4v) is 8.43. The Morgan fingerprint density at radius 1 is 1.09 bits per heavy atom. The summed E-state index contributed by atoms with van der Waals surface area (Å²) in [5, 5.41) is 11.0. The predicted octanol–water partition coefficient (Wildman–Crippen LogP) is 2.45. The Bertz CT molecular complexity index is 1400. The lowest BCUT2D eigenvalue weighted by Crippen LogP contribution is -2.63. The van der Waals surface area contributed by atoms with Gasteiger partial charge in [-0.15, -0.1) is 0 Å². The molecule has 43 heavy (non-hydrogen) atoms. The van der Waals surface area contributed by atoms with Crippen LogP contribution in [0.4, 0.5) is 5.69 Å². The number of aliphatic hydroxyl groups excluding tert-OH is 1. The third kappa shape index (κ3) is 4.61. The lowest BCUT2D eigenvalue weighted by atomic mass is 9.50. The summed E-state index contributed by atoms with van der Waals surface area (Å²) in [7, 11) is 1.49. The average Bonchev–Trinajstić information content (AvgIpc) is 3.27. The summed E-state index contributed by atoms with van der Waals surface area (Å²) in [5.41, 5.74) is 0.161. The van der Waals surface area contributed by atoms with Crippen molar-refractivity contribution in [3.8, 4) is 0 Å². The number of aliphatic hydroxyl groups is 1. The predicted molar refractivity (Wildman–Crippen MR) is 156 cm³/mol. The Kier molecular flexibility index (Phi) is 7.49. The number of cyclic esters (lactones) is 1. The van der Waals surface area contributed by atoms with E-state index in [1.807, 2.05) is 36.9 Å². The Morgan fingerprint density at radius 2 is 1.79 bits per heavy atom. The van der Waals surface area contributed by atoms with Crippen LogP contribution in [0.1, 0.15) is 40.0 Å². The van der Waals surface area contributed by atoms with Gasteiger partial charge in [0.1, 0.15) is 12.2 Å². The van der Waals surface area contributed by atoms with Gasteiger partial charge >= 0.3 is 11.9 Å². The summed E-state index contributed by atoms with van der Waals surface area (Å²) >= 11 is 0. The molecule has 10 heteroatoms. The zero-order chi connectivity index (χ0) is 30.7. The topological polar surface area (TPSA) is 123 Å². The summed E-state index contributed by atoms with van der Waals surface area (Å²) < 4.78 is 17.4. The fourth-order valence-electron chi connectivity index (χ4n) is 8.43. The molecule has 1 saturated carbocycles. The molecule has 230 valence electrons. The maximum Gasteiger partial charge on any atom is 0.336 e. The molecule has 1 aromatic rings. The molecule has 5 aliphatic rings. The number of carbonyl (C=O) groups is 4. The molecule has 0 aromatic heterocycles. The van der Waals surface area contributed by atoms with E-state index in [1.165, 1.54) is 14.0 Å². The van der Waals surface area contributed by atoms with E-state index in [0.717, 1.165) is 18.8 Å². The van der Waals surface area contributed by atoms with Crippen molar-refractivity contribution in [3.63, 3.8) is 0 Å². The van der Waals surface area contributed by atoms with Crippen molar-refractivity contribution in [2.24, 2.45) is 22.7 Å². The van der Waals surface area contributed by atoms with Crippen LogP contribution >= 0.6 is 0 Å². The van der Waals surface area contributed by atoms with Crippen LogP contribution in [0.25, 0.3) is 0 Å². The molecule has 2 unspecified atom stereocenters. The third-order valence-electron chi connectivity index (χ3n) is 10.6. The fraction of sp³-hybridized carbons (Fsp3) is 0.576. The van der Waals surface area contributed by atoms with Crippen LogP contribution in [0.3, 0.4) is 0 Å². The molecule has 10 nitrogen and oxygen atoms in total. The molecule has 1 aromatic carbocycles. The Balaban J connectivity index is 1.43. The second-order valence-electron chi connectivity index (χ2n) is 13.0. The smallest absolute Gasteiger partial charge is 0.336 e. The number of rotatable bonds is 5. The number of ether oxygens (including phenoxy) is 3. The zero-order valence-electron chi connectivity index (χ0n) is 25.2. The zero-order valence-corrected chi connectivity index (χ0v) is 25.2. The standard InChI is InChI=1S/C33H40N2O8/c1-19(36)42-23-16-32(2)22(10-11-24(32)37)26-28(23)33(3)25(18-41-4)43-31(40)21(27(33)30(39)29(26)38)17-34-12-14-35(15-13-34)20-8-6-5-7-9-20/h5-9,17,22-25,27,37H,10-16,18H2,1-4H3/b21-17+/t22?,23-,24+,25-,27?,32+,33+/m1/s1. The molecule has 1 N–H and O–H groups in total. The third-order valence-corrected chi connectivity index (χ3v) is 10.6. The quantitative estimate of drug-likeness (QED) is 0.310. The summed E-state index contributed by atoms with van der Waals surface area (Å²) in [6.45, 7) is 7.70. The number of allylic oxidation sites excluding steroid dienone is 1. The number of para-hydroxylation sites is 1. The van der Waals surface area contributed by atoms with E-state index >= 15 is 0 Å². The molecule has 0 spiro atoms. The van der Waals surface area contributed by atoms with Crippen molar-refractivity contribution < 1.29 is 38.5 Å². The minimum absolute atomic E-state index is 0.00261. The van der Waals surface area contributed by atoms with Gasteiger partial charge in [0.2, 0.25) is 11.6 Å². The number of carbonyl (C=O) groups excluding carboxylic acids is 4. The minimum Gasteiger partial charge on any atom is -0.458 e. The van der Waals surface area contributed by atoms with Crippen LogP contribution in [-0.4, -0.2) is 91.7 Å². The highest BCUT2D eigenvalue weighted by Gasteiger charge is 2.67. The number of methoxy groups -OCH3 is 1. The van der Waals surface area contributed by atoms with Gasteiger partial charge in [0.05, 0.1) is 24.2 Å². The number of hydrogen-bond acceptors (Lipinski definition) is 10. The van der Waals surface area contributed by atoms with Crippen molar-refractivity contribution in [3.05, 3.63) is 53.3 Å². The number of hydrogen-bond donors (Lipinski definition) is 1. The minimum atomic E-state index is -1.20. The van der Waals surface area contributed by atoms with Gasteiger partial charge in [0.25, 0.3) is 0 Å². The molecule has 0 bridgehead atoms. The van der Waals surface area contributed by atoms with Gasteiger partial charge in [-0.25, -0.2) is 4.79 Å². The van der Waals surface area contributed by atoms with Gasteiger partial charge in [0, 0.05) is 68.5 Å². The molecule has 2 saturated heterocycles. The molecule has 7 atom stereocenters. The van der Waals surface area contributed by atoms with Crippen LogP contribution in [-0.2, 0) is 33.4 Å². The second-order valence-corrected chi connectivity index (χ2v) is 13.0. The lowest BCUT2D eigenvalue weighted by molar-refractivity contribution is -0.175. The highest BCUT2D eigenvalue weighted by atomic mass is 16.6. The molecular weight excluding hydrogens is 552 g/mol. The van der Waals surface area contributed by atoms with Crippen molar-refractivity contribution in [1.82, 2.24) is 4.90 Å². The van der Waals surface area contributed by atoms with Crippen LogP contribution in [0.5, 0.6) is 0 Å². The van der Waals surface area contributed by atoms with Gasteiger partial charge in [-0.2, -0.15) is 0 Å². The molecule has 2 aliphatic heterocycles. The molecule has 6 rings (SSSR count). The van der Waals surface area contributed by atoms with E-state index in [1.54, 1.807) is 6.20 Å². The van der Waals surface area contributed by atoms with Gasteiger partial charge in [-0.05, 0) is 42.9 Å². The van der Waals surface area contributed by atoms with E-state index < -0.39 is 58.6 Å². The molecule has 0 amide bonds. The van der Waals surface area contributed by atoms with E-state index in [0.29, 0.717) is 43.5 Å². The van der Waals surface area contributed by atoms with E-state index in [9.17, 15) is 24.3 Å². The number of fused-ring (bicyclic) bond motifs is 4. The summed E-state index contributed by atoms with van der Waals surface area (Å²) in [4.78, 5) is 58.6. The first-order chi connectivity index (χ1) is 20.5. The first kappa shape index (κ1) is 29.6. The van der Waals surface area contributed by atoms with E-state index in [2.05, 4.69) is 17.0 Å². The van der Waals surface area contributed by atoms with Crippen molar-refractivity contribution in [2.45, 2.75) is 58.3 Å². The van der Waals surface area contributed by atoms with Crippen LogP contribution in [0.15, 0.2) is 53.3 Å².